The third-order valence-electron chi connectivity index (χ3n) is 6.53. The van der Waals surface area contributed by atoms with E-state index in [-0.39, 0.29) is 36.7 Å². The Morgan fingerprint density at radius 2 is 1.68 bits per heavy atom. The van der Waals surface area contributed by atoms with E-state index in [4.69, 9.17) is 14.2 Å². The number of imidazole rings is 1. The summed E-state index contributed by atoms with van der Waals surface area (Å²) in [6.45, 7) is 10.9. The lowest BCUT2D eigenvalue weighted by Gasteiger charge is -2.30. The molecule has 0 spiro atoms. The maximum absolute atomic E-state index is 13.5. The summed E-state index contributed by atoms with van der Waals surface area (Å²) in [4.78, 5) is 40.2. The van der Waals surface area contributed by atoms with E-state index in [9.17, 15) is 27.6 Å². The standard InChI is InChI=1S/C29H37F3N3O6/c1-9-40-25(37)21-15-33(26(38)41-27(3,4)5)17-28(6,7)24-23(21)34(14-19-10-12-20(39-8)13-11-19)18(2)35(24)16-22(36)29(30,31)32/h10-13,15H,9,14,16-17H2,1-8H3/q+1. The maximum atomic E-state index is 13.5. The van der Waals surface area contributed by atoms with Crippen LogP contribution in [0.25, 0.3) is 5.57 Å². The molecule has 12 heteroatoms. The molecule has 0 N–H and O–H groups in total. The summed E-state index contributed by atoms with van der Waals surface area (Å²) < 4.78 is 59.5. The number of hydrogen-bond donors (Lipinski definition) is 0. The Balaban J connectivity index is 2.34. The molecule has 0 fully saturated rings. The molecule has 1 aliphatic heterocycles. The molecule has 0 saturated heterocycles. The molecular formula is C29H37F3N3O6+. The van der Waals surface area contributed by atoms with Gasteiger partial charge in [0.1, 0.15) is 23.5 Å². The van der Waals surface area contributed by atoms with Crippen LogP contribution in [0.2, 0.25) is 0 Å². The summed E-state index contributed by atoms with van der Waals surface area (Å²) in [5, 5.41) is 0. The van der Waals surface area contributed by atoms with Crippen molar-refractivity contribution in [3.8, 4) is 5.75 Å². The van der Waals surface area contributed by atoms with Crippen LogP contribution in [0.4, 0.5) is 18.0 Å². The zero-order valence-corrected chi connectivity index (χ0v) is 24.6. The van der Waals surface area contributed by atoms with Crippen LogP contribution in [0.15, 0.2) is 30.5 Å². The Morgan fingerprint density at radius 3 is 2.20 bits per heavy atom. The van der Waals surface area contributed by atoms with Gasteiger partial charge in [-0.25, -0.2) is 18.7 Å². The molecule has 0 unspecified atom stereocenters. The quantitative estimate of drug-likeness (QED) is 0.348. The fourth-order valence-electron chi connectivity index (χ4n) is 4.78. The number of nitrogens with zero attached hydrogens (tertiary/aromatic N) is 3. The molecular weight excluding hydrogens is 543 g/mol. The fraction of sp³-hybridized carbons (Fsp3) is 0.517. The number of aromatic nitrogens is 2. The van der Waals surface area contributed by atoms with Crippen molar-refractivity contribution >= 4 is 23.4 Å². The topological polar surface area (TPSA) is 90.9 Å². The lowest BCUT2D eigenvalue weighted by molar-refractivity contribution is -0.701. The van der Waals surface area contributed by atoms with Gasteiger partial charge in [-0.05, 0) is 45.4 Å². The van der Waals surface area contributed by atoms with E-state index in [0.717, 1.165) is 5.56 Å². The van der Waals surface area contributed by atoms with Gasteiger partial charge in [-0.1, -0.05) is 26.0 Å². The van der Waals surface area contributed by atoms with Gasteiger partial charge in [-0.3, -0.25) is 9.69 Å². The highest BCUT2D eigenvalue weighted by Gasteiger charge is 2.48. The summed E-state index contributed by atoms with van der Waals surface area (Å²) in [5.74, 6) is -1.79. The predicted molar refractivity (Wildman–Crippen MR) is 143 cm³/mol. The van der Waals surface area contributed by atoms with Gasteiger partial charge < -0.3 is 14.2 Å². The molecule has 224 valence electrons. The number of alkyl halides is 3. The van der Waals surface area contributed by atoms with Gasteiger partial charge in [-0.2, -0.15) is 13.2 Å². The first-order valence-electron chi connectivity index (χ1n) is 13.1. The molecule has 0 aliphatic carbocycles. The molecule has 3 rings (SSSR count). The summed E-state index contributed by atoms with van der Waals surface area (Å²) in [6, 6.07) is 7.06. The number of Topliss-reactive ketones (excluding diaryl/α,β-unsaturated/α-hetero) is 1. The van der Waals surface area contributed by atoms with E-state index in [2.05, 4.69) is 0 Å². The van der Waals surface area contributed by atoms with Crippen molar-refractivity contribution in [1.29, 1.82) is 0 Å². The van der Waals surface area contributed by atoms with E-state index in [1.165, 1.54) is 22.8 Å². The van der Waals surface area contributed by atoms with E-state index >= 15 is 0 Å². The van der Waals surface area contributed by atoms with Crippen molar-refractivity contribution in [2.75, 3.05) is 20.3 Å². The minimum Gasteiger partial charge on any atom is -0.497 e. The molecule has 1 aromatic heterocycles. The molecule has 0 radical (unpaired) electrons. The van der Waals surface area contributed by atoms with Crippen LogP contribution in [-0.4, -0.2) is 59.4 Å². The summed E-state index contributed by atoms with van der Waals surface area (Å²) in [5.41, 5.74) is -0.645. The van der Waals surface area contributed by atoms with Crippen molar-refractivity contribution in [2.24, 2.45) is 0 Å². The molecule has 0 bridgehead atoms. The highest BCUT2D eigenvalue weighted by atomic mass is 19.4. The molecule has 1 aromatic carbocycles. The Kier molecular flexibility index (Phi) is 8.95. The van der Waals surface area contributed by atoms with Crippen molar-refractivity contribution in [2.45, 2.75) is 78.7 Å². The molecule has 1 aliphatic rings. The third-order valence-corrected chi connectivity index (χ3v) is 6.53. The summed E-state index contributed by atoms with van der Waals surface area (Å²) >= 11 is 0. The highest BCUT2D eigenvalue weighted by molar-refractivity contribution is 6.16. The van der Waals surface area contributed by atoms with Gasteiger partial charge >= 0.3 is 18.2 Å². The Labute approximate surface area is 237 Å². The molecule has 0 saturated carbocycles. The lowest BCUT2D eigenvalue weighted by Crippen LogP contribution is -2.52. The number of rotatable bonds is 7. The second-order valence-electron chi connectivity index (χ2n) is 11.4. The number of amides is 1. The first-order valence-corrected chi connectivity index (χ1v) is 13.1. The van der Waals surface area contributed by atoms with Crippen LogP contribution in [0.1, 0.15) is 64.3 Å². The summed E-state index contributed by atoms with van der Waals surface area (Å²) in [6.07, 6.45) is -4.49. The van der Waals surface area contributed by atoms with Crippen molar-refractivity contribution < 1.29 is 46.3 Å². The Hall–Kier alpha value is -3.83. The molecule has 2 aromatic rings. The number of methoxy groups -OCH3 is 1. The maximum Gasteiger partial charge on any atom is 0.454 e. The molecule has 1 amide bonds. The summed E-state index contributed by atoms with van der Waals surface area (Å²) in [7, 11) is 1.53. The minimum atomic E-state index is -5.07. The average Bonchev–Trinajstić information content (AvgIpc) is 3.04. The van der Waals surface area contributed by atoms with Crippen LogP contribution in [0.5, 0.6) is 5.75 Å². The van der Waals surface area contributed by atoms with E-state index in [0.29, 0.717) is 11.6 Å². The monoisotopic (exact) mass is 580 g/mol. The van der Waals surface area contributed by atoms with Gasteiger partial charge in [0, 0.05) is 25.1 Å². The molecule has 2 heterocycles. The SMILES string of the molecule is CCOC(=O)C1=CN(C(=O)OC(C)(C)C)CC(C)(C)c2c1n(Cc1ccc(OC)cc1)c(C)[n+]2CC(=O)C(F)(F)F. The van der Waals surface area contributed by atoms with E-state index in [1.807, 2.05) is 0 Å². The molecule has 41 heavy (non-hydrogen) atoms. The number of ether oxygens (including phenoxy) is 3. The Morgan fingerprint density at radius 1 is 1.07 bits per heavy atom. The largest absolute Gasteiger partial charge is 0.497 e. The van der Waals surface area contributed by atoms with Crippen LogP contribution in [0, 0.1) is 6.92 Å². The minimum absolute atomic E-state index is 0.0199. The number of hydrogen-bond acceptors (Lipinski definition) is 6. The first-order chi connectivity index (χ1) is 18.9. The normalized spacial score (nSPS) is 15.0. The second kappa shape index (κ2) is 11.6. The number of esters is 1. The zero-order chi connectivity index (χ0) is 30.9. The first kappa shape index (κ1) is 31.7. The van der Waals surface area contributed by atoms with Crippen LogP contribution >= 0.6 is 0 Å². The van der Waals surface area contributed by atoms with Gasteiger partial charge in [0.25, 0.3) is 11.6 Å². The highest BCUT2D eigenvalue weighted by Crippen LogP contribution is 2.36. The van der Waals surface area contributed by atoms with Crippen molar-refractivity contribution in [3.05, 3.63) is 53.2 Å². The average molecular weight is 581 g/mol. The van der Waals surface area contributed by atoms with E-state index < -0.39 is 41.6 Å². The fourth-order valence-corrected chi connectivity index (χ4v) is 4.78. The van der Waals surface area contributed by atoms with Crippen molar-refractivity contribution in [3.63, 3.8) is 0 Å². The van der Waals surface area contributed by atoms with Gasteiger partial charge in [0.05, 0.1) is 13.7 Å². The van der Waals surface area contributed by atoms with Gasteiger partial charge in [0.15, 0.2) is 17.9 Å². The number of fused-ring (bicyclic) bond motifs is 1. The smallest absolute Gasteiger partial charge is 0.454 e. The second-order valence-corrected chi connectivity index (χ2v) is 11.4. The van der Waals surface area contributed by atoms with Crippen molar-refractivity contribution in [1.82, 2.24) is 9.47 Å². The Bertz CT molecular complexity index is 1350. The number of ketones is 1. The van der Waals surface area contributed by atoms with E-state index in [1.54, 1.807) is 77.3 Å². The molecule has 9 nitrogen and oxygen atoms in total. The van der Waals surface area contributed by atoms with Crippen LogP contribution in [-0.2, 0) is 37.6 Å². The van der Waals surface area contributed by atoms with Gasteiger partial charge in [0.2, 0.25) is 0 Å². The molecule has 0 atom stereocenters. The predicted octanol–water partition coefficient (Wildman–Crippen LogP) is 4.70. The number of halogens is 3. The van der Waals surface area contributed by atoms with Crippen LogP contribution in [0.3, 0.4) is 0 Å². The number of carbonyl (C=O) groups excluding carboxylic acids is 3. The number of carbonyl (C=O) groups is 3. The lowest BCUT2D eigenvalue weighted by atomic mass is 9.86. The van der Waals surface area contributed by atoms with Gasteiger partial charge in [-0.15, -0.1) is 0 Å². The number of benzene rings is 1. The zero-order valence-electron chi connectivity index (χ0n) is 24.6. The van der Waals surface area contributed by atoms with Crippen LogP contribution < -0.4 is 9.30 Å². The third kappa shape index (κ3) is 7.09.